The highest BCUT2D eigenvalue weighted by molar-refractivity contribution is 6.04. The highest BCUT2D eigenvalue weighted by atomic mass is 16.5. The Balaban J connectivity index is 2.75. The third-order valence-corrected chi connectivity index (χ3v) is 2.23. The summed E-state index contributed by atoms with van der Waals surface area (Å²) < 4.78 is 4.99. The summed E-state index contributed by atoms with van der Waals surface area (Å²) in [6.45, 7) is 2.35. The van der Waals surface area contributed by atoms with E-state index >= 15 is 0 Å². The number of hydrogen-bond donors (Lipinski definition) is 2. The average Bonchev–Trinajstić information content (AvgIpc) is 2.43. The van der Waals surface area contributed by atoms with Crippen molar-refractivity contribution in [2.45, 2.75) is 6.92 Å². The molecule has 1 rings (SSSR count). The average molecular weight is 260 g/mol. The molecule has 0 aliphatic heterocycles. The van der Waals surface area contributed by atoms with E-state index in [9.17, 15) is 9.59 Å². The molecule has 5 heteroatoms. The van der Waals surface area contributed by atoms with Gasteiger partial charge in [-0.3, -0.25) is 9.59 Å². The zero-order chi connectivity index (χ0) is 14.1. The molecule has 0 radical (unpaired) electrons. The maximum atomic E-state index is 11.8. The summed E-state index contributed by atoms with van der Waals surface area (Å²) in [6.07, 6.45) is 5.08. The van der Waals surface area contributed by atoms with Gasteiger partial charge in [-0.05, 0) is 19.1 Å². The van der Waals surface area contributed by atoms with Crippen molar-refractivity contribution in [2.75, 3.05) is 25.1 Å². The van der Waals surface area contributed by atoms with Crippen LogP contribution in [0.4, 0.5) is 5.69 Å². The third kappa shape index (κ3) is 4.82. The maximum absolute atomic E-state index is 11.8. The molecular weight excluding hydrogens is 244 g/mol. The van der Waals surface area contributed by atoms with Gasteiger partial charge in [-0.2, -0.15) is 0 Å². The zero-order valence-electron chi connectivity index (χ0n) is 10.7. The van der Waals surface area contributed by atoms with Gasteiger partial charge in [-0.1, -0.05) is 18.1 Å². The van der Waals surface area contributed by atoms with Crippen LogP contribution >= 0.6 is 0 Å². The van der Waals surface area contributed by atoms with Gasteiger partial charge in [-0.15, -0.1) is 6.42 Å². The van der Waals surface area contributed by atoms with Crippen LogP contribution in [0.2, 0.25) is 0 Å². The van der Waals surface area contributed by atoms with Crippen LogP contribution in [0.5, 0.6) is 0 Å². The first-order valence-electron chi connectivity index (χ1n) is 5.87. The number of rotatable bonds is 6. The number of anilines is 1. The Morgan fingerprint density at radius 2 is 2.11 bits per heavy atom. The predicted octanol–water partition coefficient (Wildman–Crippen LogP) is 1.02. The van der Waals surface area contributed by atoms with Gasteiger partial charge in [0.15, 0.2) is 0 Å². The Bertz CT molecular complexity index is 492. The molecule has 0 aliphatic rings. The molecule has 0 saturated heterocycles. The van der Waals surface area contributed by atoms with E-state index in [0.717, 1.165) is 0 Å². The second-order valence-corrected chi connectivity index (χ2v) is 3.62. The molecule has 100 valence electrons. The highest BCUT2D eigenvalue weighted by Gasteiger charge is 2.12. The Kier molecular flexibility index (Phi) is 6.13. The SMILES string of the molecule is C#CCNC(=O)c1ccccc1NC(=O)COCC. The first kappa shape index (κ1) is 14.7. The lowest BCUT2D eigenvalue weighted by molar-refractivity contribution is -0.120. The van der Waals surface area contributed by atoms with Crippen molar-refractivity contribution in [1.29, 1.82) is 0 Å². The fourth-order valence-electron chi connectivity index (χ4n) is 1.40. The molecule has 0 aromatic heterocycles. The van der Waals surface area contributed by atoms with E-state index in [-0.39, 0.29) is 25.0 Å². The number of hydrogen-bond acceptors (Lipinski definition) is 3. The monoisotopic (exact) mass is 260 g/mol. The van der Waals surface area contributed by atoms with Crippen LogP contribution in [0.1, 0.15) is 17.3 Å². The van der Waals surface area contributed by atoms with Crippen LogP contribution in [0, 0.1) is 12.3 Å². The maximum Gasteiger partial charge on any atom is 0.254 e. The van der Waals surface area contributed by atoms with Gasteiger partial charge in [0.05, 0.1) is 17.8 Å². The number of ether oxygens (including phenoxy) is 1. The second-order valence-electron chi connectivity index (χ2n) is 3.62. The van der Waals surface area contributed by atoms with Crippen LogP contribution in [0.25, 0.3) is 0 Å². The van der Waals surface area contributed by atoms with Crippen molar-refractivity contribution >= 4 is 17.5 Å². The van der Waals surface area contributed by atoms with E-state index in [2.05, 4.69) is 16.6 Å². The van der Waals surface area contributed by atoms with E-state index < -0.39 is 0 Å². The molecule has 2 amide bonds. The molecule has 0 fully saturated rings. The fourth-order valence-corrected chi connectivity index (χ4v) is 1.40. The van der Waals surface area contributed by atoms with E-state index in [1.54, 1.807) is 31.2 Å². The predicted molar refractivity (Wildman–Crippen MR) is 72.7 cm³/mol. The van der Waals surface area contributed by atoms with Crippen LogP contribution in [0.3, 0.4) is 0 Å². The van der Waals surface area contributed by atoms with Crippen LogP contribution in [-0.4, -0.2) is 31.6 Å². The Hall–Kier alpha value is -2.32. The summed E-state index contributed by atoms with van der Waals surface area (Å²) in [5.74, 6) is 1.68. The number of carbonyl (C=O) groups excluding carboxylic acids is 2. The van der Waals surface area contributed by atoms with Gasteiger partial charge in [0.2, 0.25) is 5.91 Å². The lowest BCUT2D eigenvalue weighted by atomic mass is 10.1. The van der Waals surface area contributed by atoms with Crippen LogP contribution < -0.4 is 10.6 Å². The first-order valence-corrected chi connectivity index (χ1v) is 5.87. The number of carbonyl (C=O) groups is 2. The molecule has 0 bridgehead atoms. The molecule has 0 spiro atoms. The number of terminal acetylenes is 1. The molecule has 0 unspecified atom stereocenters. The van der Waals surface area contributed by atoms with E-state index in [1.165, 1.54) is 0 Å². The number of nitrogens with one attached hydrogen (secondary N) is 2. The van der Waals surface area contributed by atoms with Gasteiger partial charge in [0.1, 0.15) is 6.61 Å². The van der Waals surface area contributed by atoms with E-state index in [4.69, 9.17) is 11.2 Å². The summed E-state index contributed by atoms with van der Waals surface area (Å²) in [4.78, 5) is 23.4. The molecular formula is C14H16N2O3. The molecule has 0 heterocycles. The van der Waals surface area contributed by atoms with Crippen LogP contribution in [0.15, 0.2) is 24.3 Å². The Morgan fingerprint density at radius 1 is 1.37 bits per heavy atom. The number of amides is 2. The lowest BCUT2D eigenvalue weighted by Gasteiger charge is -2.10. The summed E-state index contributed by atoms with van der Waals surface area (Å²) in [6, 6.07) is 6.70. The molecule has 2 N–H and O–H groups in total. The van der Waals surface area contributed by atoms with Gasteiger partial charge >= 0.3 is 0 Å². The smallest absolute Gasteiger partial charge is 0.254 e. The minimum absolute atomic E-state index is 0.0448. The molecule has 0 atom stereocenters. The van der Waals surface area contributed by atoms with Gasteiger partial charge < -0.3 is 15.4 Å². The molecule has 0 aliphatic carbocycles. The molecule has 5 nitrogen and oxygen atoms in total. The topological polar surface area (TPSA) is 67.4 Å². The van der Waals surface area contributed by atoms with Crippen molar-refractivity contribution in [3.8, 4) is 12.3 Å². The lowest BCUT2D eigenvalue weighted by Crippen LogP contribution is -2.26. The van der Waals surface area contributed by atoms with Gasteiger partial charge in [-0.25, -0.2) is 0 Å². The minimum Gasteiger partial charge on any atom is -0.372 e. The standard InChI is InChI=1S/C14H16N2O3/c1-3-9-15-14(18)11-7-5-6-8-12(11)16-13(17)10-19-4-2/h1,5-8H,4,9-10H2,2H3,(H,15,18)(H,16,17). The second kappa shape index (κ2) is 7.90. The summed E-state index contributed by atoms with van der Waals surface area (Å²) in [7, 11) is 0. The Labute approximate surface area is 112 Å². The van der Waals surface area contributed by atoms with Gasteiger partial charge in [0.25, 0.3) is 5.91 Å². The summed E-state index contributed by atoms with van der Waals surface area (Å²) in [5, 5.41) is 5.17. The summed E-state index contributed by atoms with van der Waals surface area (Å²) >= 11 is 0. The molecule has 1 aromatic carbocycles. The third-order valence-electron chi connectivity index (χ3n) is 2.23. The minimum atomic E-state index is -0.328. The molecule has 19 heavy (non-hydrogen) atoms. The zero-order valence-corrected chi connectivity index (χ0v) is 10.7. The van der Waals surface area contributed by atoms with Crippen molar-refractivity contribution in [3.05, 3.63) is 29.8 Å². The first-order chi connectivity index (χ1) is 9.19. The van der Waals surface area contributed by atoms with Crippen molar-refractivity contribution in [2.24, 2.45) is 0 Å². The quantitative estimate of drug-likeness (QED) is 0.751. The number of para-hydroxylation sites is 1. The molecule has 0 saturated carbocycles. The largest absolute Gasteiger partial charge is 0.372 e. The summed E-state index contributed by atoms with van der Waals surface area (Å²) in [5.41, 5.74) is 0.796. The normalized spacial score (nSPS) is 9.47. The fraction of sp³-hybridized carbons (Fsp3) is 0.286. The Morgan fingerprint density at radius 3 is 2.79 bits per heavy atom. The number of benzene rings is 1. The van der Waals surface area contributed by atoms with E-state index in [0.29, 0.717) is 17.9 Å². The molecule has 1 aromatic rings. The van der Waals surface area contributed by atoms with E-state index in [1.807, 2.05) is 0 Å². The van der Waals surface area contributed by atoms with Crippen LogP contribution in [-0.2, 0) is 9.53 Å². The van der Waals surface area contributed by atoms with Crippen molar-refractivity contribution < 1.29 is 14.3 Å². The van der Waals surface area contributed by atoms with Crippen molar-refractivity contribution in [3.63, 3.8) is 0 Å². The van der Waals surface area contributed by atoms with Gasteiger partial charge in [0, 0.05) is 6.61 Å². The van der Waals surface area contributed by atoms with Crippen molar-refractivity contribution in [1.82, 2.24) is 5.32 Å². The highest BCUT2D eigenvalue weighted by Crippen LogP contribution is 2.14.